The number of hydrogen-bond donors (Lipinski definition) is 0. The molecule has 76 heavy (non-hydrogen) atoms. The monoisotopic (exact) mass is 975 g/mol. The SMILES string of the molecule is C1=CCCC(N(c2ccc(-c3ccc(N(c4ccccc4)c4ccccc4)cc3)cc2)c2ccc(-c3ccc(N(c4ccccc4)c4ccc(-c5ccc(C(c6ccccc6)c6ccccc6)cc5)cc4)cc3)cc2)=C1. The molecule has 11 aromatic rings. The van der Waals surface area contributed by atoms with Gasteiger partial charge in [0.2, 0.25) is 0 Å². The van der Waals surface area contributed by atoms with Gasteiger partial charge in [0.1, 0.15) is 0 Å². The van der Waals surface area contributed by atoms with E-state index >= 15 is 0 Å². The number of nitrogens with zero attached hydrogens (tertiary/aromatic N) is 3. The number of benzene rings is 11. The van der Waals surface area contributed by atoms with Crippen LogP contribution < -0.4 is 14.7 Å². The maximum atomic E-state index is 2.41. The van der Waals surface area contributed by atoms with Gasteiger partial charge in [0.15, 0.2) is 0 Å². The van der Waals surface area contributed by atoms with E-state index in [1.807, 2.05) is 0 Å². The Hall–Kier alpha value is -9.70. The Bertz CT molecular complexity index is 3590. The van der Waals surface area contributed by atoms with E-state index in [1.165, 1.54) is 55.8 Å². The van der Waals surface area contributed by atoms with Crippen molar-refractivity contribution in [1.29, 1.82) is 0 Å². The summed E-state index contributed by atoms with van der Waals surface area (Å²) < 4.78 is 0. The quantitative estimate of drug-likeness (QED) is 0.0948. The van der Waals surface area contributed by atoms with Crippen LogP contribution >= 0.6 is 0 Å². The summed E-state index contributed by atoms with van der Waals surface area (Å²) in [7, 11) is 0. The molecule has 0 radical (unpaired) electrons. The van der Waals surface area contributed by atoms with Crippen LogP contribution in [0.15, 0.2) is 321 Å². The molecule has 0 unspecified atom stereocenters. The molecule has 0 N–H and O–H groups in total. The lowest BCUT2D eigenvalue weighted by Crippen LogP contribution is -2.17. The van der Waals surface area contributed by atoms with Crippen molar-refractivity contribution in [1.82, 2.24) is 0 Å². The minimum Gasteiger partial charge on any atom is -0.314 e. The van der Waals surface area contributed by atoms with E-state index in [1.54, 1.807) is 0 Å². The molecular formula is C73H57N3. The maximum absolute atomic E-state index is 2.41. The van der Waals surface area contributed by atoms with Crippen molar-refractivity contribution in [2.24, 2.45) is 0 Å². The summed E-state index contributed by atoms with van der Waals surface area (Å²) >= 11 is 0. The van der Waals surface area contributed by atoms with E-state index in [0.717, 1.165) is 58.3 Å². The Labute approximate surface area is 447 Å². The van der Waals surface area contributed by atoms with Crippen molar-refractivity contribution in [3.05, 3.63) is 338 Å². The van der Waals surface area contributed by atoms with Crippen molar-refractivity contribution in [2.45, 2.75) is 18.8 Å². The van der Waals surface area contributed by atoms with Crippen LogP contribution in [0.5, 0.6) is 0 Å². The van der Waals surface area contributed by atoms with Crippen LogP contribution in [0.3, 0.4) is 0 Å². The molecule has 3 nitrogen and oxygen atoms in total. The van der Waals surface area contributed by atoms with Crippen molar-refractivity contribution in [3.8, 4) is 33.4 Å². The minimum atomic E-state index is 0.168. The van der Waals surface area contributed by atoms with Crippen LogP contribution in [0, 0.1) is 0 Å². The molecule has 0 saturated heterocycles. The molecule has 1 aliphatic rings. The fourth-order valence-electron chi connectivity index (χ4n) is 10.6. The van der Waals surface area contributed by atoms with Gasteiger partial charge in [-0.25, -0.2) is 0 Å². The van der Waals surface area contributed by atoms with Crippen LogP contribution in [-0.2, 0) is 0 Å². The molecule has 364 valence electrons. The number of anilines is 8. The lowest BCUT2D eigenvalue weighted by molar-refractivity contribution is 0.918. The van der Waals surface area contributed by atoms with Gasteiger partial charge in [0.05, 0.1) is 0 Å². The van der Waals surface area contributed by atoms with Gasteiger partial charge in [-0.15, -0.1) is 0 Å². The van der Waals surface area contributed by atoms with E-state index in [4.69, 9.17) is 0 Å². The molecule has 12 rings (SSSR count). The summed E-state index contributed by atoms with van der Waals surface area (Å²) in [5, 5.41) is 0. The molecule has 0 aliphatic heterocycles. The van der Waals surface area contributed by atoms with E-state index in [-0.39, 0.29) is 5.92 Å². The average Bonchev–Trinajstić information content (AvgIpc) is 3.50. The van der Waals surface area contributed by atoms with Crippen LogP contribution in [0.25, 0.3) is 33.4 Å². The topological polar surface area (TPSA) is 9.72 Å². The van der Waals surface area contributed by atoms with Gasteiger partial charge < -0.3 is 14.7 Å². The molecule has 0 heterocycles. The number of para-hydroxylation sites is 3. The first-order chi connectivity index (χ1) is 37.7. The first kappa shape index (κ1) is 47.3. The first-order valence-corrected chi connectivity index (χ1v) is 26.3. The predicted octanol–water partition coefficient (Wildman–Crippen LogP) is 20.2. The van der Waals surface area contributed by atoms with Crippen LogP contribution in [-0.4, -0.2) is 0 Å². The molecule has 11 aromatic carbocycles. The highest BCUT2D eigenvalue weighted by Crippen LogP contribution is 2.41. The van der Waals surface area contributed by atoms with Gasteiger partial charge in [-0.2, -0.15) is 0 Å². The Morgan fingerprint density at radius 3 is 0.776 bits per heavy atom. The van der Waals surface area contributed by atoms with E-state index in [2.05, 4.69) is 330 Å². The predicted molar refractivity (Wildman–Crippen MR) is 321 cm³/mol. The van der Waals surface area contributed by atoms with Gasteiger partial charge in [0, 0.05) is 57.1 Å². The van der Waals surface area contributed by atoms with Gasteiger partial charge in [0.25, 0.3) is 0 Å². The Kier molecular flexibility index (Phi) is 13.8. The largest absolute Gasteiger partial charge is 0.314 e. The lowest BCUT2D eigenvalue weighted by atomic mass is 9.84. The molecule has 0 aromatic heterocycles. The zero-order chi connectivity index (χ0) is 50.9. The summed E-state index contributed by atoms with van der Waals surface area (Å²) in [5.41, 5.74) is 21.2. The molecule has 0 spiro atoms. The average molecular weight is 976 g/mol. The summed E-state index contributed by atoms with van der Waals surface area (Å²) in [6.07, 6.45) is 8.68. The zero-order valence-corrected chi connectivity index (χ0v) is 42.4. The van der Waals surface area contributed by atoms with Crippen molar-refractivity contribution in [3.63, 3.8) is 0 Å². The number of rotatable bonds is 15. The van der Waals surface area contributed by atoms with Gasteiger partial charge in [-0.1, -0.05) is 212 Å². The van der Waals surface area contributed by atoms with Crippen LogP contribution in [0.1, 0.15) is 35.4 Å². The highest BCUT2D eigenvalue weighted by atomic mass is 15.2. The standard InChI is InChI=1S/C73H57N3/c1-7-19-61(20-8-1)73(62-21-9-2-10-22-62)63-33-31-55(32-34-63)56-35-47-69(48-36-56)75(66-27-15-5-16-28-66)70-51-41-59(42-52-70)60-43-53-72(54-44-60)76(67-29-17-6-18-30-67)71-49-39-58(40-50-71)57-37-45-68(46-38-57)74(64-23-11-3-12-24-64)65-25-13-4-14-26-65/h1-17,19-29,31-54,73H,18,30H2. The van der Waals surface area contributed by atoms with Crippen LogP contribution in [0.4, 0.5) is 45.5 Å². The smallest absolute Gasteiger partial charge is 0.0462 e. The third kappa shape index (κ3) is 10.3. The van der Waals surface area contributed by atoms with Gasteiger partial charge >= 0.3 is 0 Å². The van der Waals surface area contributed by atoms with Crippen LogP contribution in [0.2, 0.25) is 0 Å². The molecule has 1 aliphatic carbocycles. The molecule has 0 atom stereocenters. The summed E-state index contributed by atoms with van der Waals surface area (Å²) in [4.78, 5) is 7.04. The molecule has 0 fully saturated rings. The highest BCUT2D eigenvalue weighted by Gasteiger charge is 2.20. The maximum Gasteiger partial charge on any atom is 0.0462 e. The van der Waals surface area contributed by atoms with Crippen molar-refractivity contribution >= 4 is 45.5 Å². The van der Waals surface area contributed by atoms with Gasteiger partial charge in [-0.05, 0) is 166 Å². The highest BCUT2D eigenvalue weighted by molar-refractivity contribution is 5.82. The molecule has 0 saturated carbocycles. The number of allylic oxidation sites excluding steroid dienone is 4. The van der Waals surface area contributed by atoms with Crippen molar-refractivity contribution in [2.75, 3.05) is 14.7 Å². The second kappa shape index (κ2) is 22.2. The van der Waals surface area contributed by atoms with E-state index in [0.29, 0.717) is 0 Å². The first-order valence-electron chi connectivity index (χ1n) is 26.3. The second-order valence-corrected chi connectivity index (χ2v) is 19.2. The summed E-state index contributed by atoms with van der Waals surface area (Å²) in [6, 6.07) is 107. The third-order valence-electron chi connectivity index (χ3n) is 14.5. The fraction of sp³-hybridized carbons (Fsp3) is 0.0411. The zero-order valence-electron chi connectivity index (χ0n) is 42.4. The normalized spacial score (nSPS) is 12.0. The molecule has 0 amide bonds. The van der Waals surface area contributed by atoms with Crippen molar-refractivity contribution < 1.29 is 0 Å². The Balaban J connectivity index is 0.771. The van der Waals surface area contributed by atoms with E-state index < -0.39 is 0 Å². The second-order valence-electron chi connectivity index (χ2n) is 19.2. The summed E-state index contributed by atoms with van der Waals surface area (Å²) in [6.45, 7) is 0. The molecule has 0 bridgehead atoms. The van der Waals surface area contributed by atoms with Gasteiger partial charge in [-0.3, -0.25) is 0 Å². The minimum absolute atomic E-state index is 0.168. The Morgan fingerprint density at radius 2 is 0.487 bits per heavy atom. The lowest BCUT2D eigenvalue weighted by Gasteiger charge is -2.29. The summed E-state index contributed by atoms with van der Waals surface area (Å²) in [5.74, 6) is 0.168. The molecule has 3 heteroatoms. The van der Waals surface area contributed by atoms with E-state index in [9.17, 15) is 0 Å². The third-order valence-corrected chi connectivity index (χ3v) is 14.5. The fourth-order valence-corrected chi connectivity index (χ4v) is 10.6. The molecular weight excluding hydrogens is 919 g/mol. The number of hydrogen-bond acceptors (Lipinski definition) is 3. The Morgan fingerprint density at radius 1 is 0.237 bits per heavy atom.